The number of aryl methyl sites for hydroxylation is 1. The topological polar surface area (TPSA) is 105 Å². The van der Waals surface area contributed by atoms with Crippen molar-refractivity contribution in [3.63, 3.8) is 0 Å². The molecule has 176 valence electrons. The molecular formula is C26H19F2N3O4. The average molecular weight is 475 g/mol. The molecule has 0 saturated carbocycles. The number of halogens is 2. The number of aromatic nitrogens is 3. The normalized spacial score (nSPS) is 13.6. The fourth-order valence-corrected chi connectivity index (χ4v) is 4.57. The number of fused-ring (bicyclic) bond motifs is 2. The van der Waals surface area contributed by atoms with Crippen molar-refractivity contribution in [3.05, 3.63) is 97.4 Å². The Morgan fingerprint density at radius 1 is 1.03 bits per heavy atom. The van der Waals surface area contributed by atoms with Crippen LogP contribution in [0.25, 0.3) is 27.4 Å². The van der Waals surface area contributed by atoms with Gasteiger partial charge in [0.25, 0.3) is 5.56 Å². The average Bonchev–Trinajstić information content (AvgIpc) is 3.08. The van der Waals surface area contributed by atoms with E-state index in [0.29, 0.717) is 27.6 Å². The lowest BCUT2D eigenvalue weighted by Gasteiger charge is -2.13. The Morgan fingerprint density at radius 3 is 2.51 bits per heavy atom. The maximum Gasteiger partial charge on any atom is 0.326 e. The first-order chi connectivity index (χ1) is 16.7. The number of allylic oxidation sites excluding steroid dienone is 4. The number of nitrogens with one attached hydrogen (secondary N) is 2. The highest BCUT2D eigenvalue weighted by atomic mass is 19.1. The largest absolute Gasteiger partial charge is 0.333 e. The van der Waals surface area contributed by atoms with E-state index in [2.05, 4.69) is 9.97 Å². The molecule has 5 rings (SSSR count). The number of hydrogen-bond acceptors (Lipinski definition) is 4. The van der Waals surface area contributed by atoms with Gasteiger partial charge < -0.3 is 9.55 Å². The number of benzene rings is 2. The van der Waals surface area contributed by atoms with Crippen molar-refractivity contribution in [1.29, 1.82) is 0 Å². The fourth-order valence-electron chi connectivity index (χ4n) is 4.57. The Hall–Kier alpha value is -4.40. The van der Waals surface area contributed by atoms with Crippen molar-refractivity contribution >= 4 is 38.9 Å². The summed E-state index contributed by atoms with van der Waals surface area (Å²) in [5, 5.41) is 0.548. The van der Waals surface area contributed by atoms with Crippen molar-refractivity contribution in [2.75, 3.05) is 0 Å². The number of nitrogens with zero attached hydrogens (tertiary/aromatic N) is 1. The lowest BCUT2D eigenvalue weighted by atomic mass is 9.92. The third kappa shape index (κ3) is 3.65. The molecular weight excluding hydrogens is 456 g/mol. The van der Waals surface area contributed by atoms with Crippen LogP contribution in [0.5, 0.6) is 0 Å². The van der Waals surface area contributed by atoms with Crippen LogP contribution in [0.3, 0.4) is 0 Å². The summed E-state index contributed by atoms with van der Waals surface area (Å²) in [7, 11) is 0. The van der Waals surface area contributed by atoms with E-state index in [0.717, 1.165) is 6.07 Å². The van der Waals surface area contributed by atoms with Crippen LogP contribution < -0.4 is 11.2 Å². The highest BCUT2D eigenvalue weighted by Crippen LogP contribution is 2.36. The molecule has 7 nitrogen and oxygen atoms in total. The molecule has 0 amide bonds. The first-order valence-electron chi connectivity index (χ1n) is 10.8. The molecule has 9 heteroatoms. The van der Waals surface area contributed by atoms with E-state index in [1.807, 2.05) is 0 Å². The molecule has 0 aliphatic heterocycles. The second kappa shape index (κ2) is 8.12. The SMILES string of the molecule is CC(=O)c1c(C2=CC=CCC2=O)c2cc(C)c(F)cc2n1Cc1cc2c(=O)[nH]c(=O)[nH]c2cc1F. The zero-order valence-corrected chi connectivity index (χ0v) is 18.8. The molecule has 0 unspecified atom stereocenters. The van der Waals surface area contributed by atoms with Gasteiger partial charge in [-0.3, -0.25) is 19.4 Å². The number of rotatable bonds is 4. The molecule has 0 spiro atoms. The van der Waals surface area contributed by atoms with Crippen molar-refractivity contribution in [3.8, 4) is 0 Å². The second-order valence-electron chi connectivity index (χ2n) is 8.52. The third-order valence-electron chi connectivity index (χ3n) is 6.18. The molecule has 1 aliphatic rings. The summed E-state index contributed by atoms with van der Waals surface area (Å²) in [4.78, 5) is 53.9. The molecule has 0 saturated heterocycles. The Kier molecular flexibility index (Phi) is 5.20. The Bertz CT molecular complexity index is 1770. The van der Waals surface area contributed by atoms with Gasteiger partial charge in [0.1, 0.15) is 11.6 Å². The van der Waals surface area contributed by atoms with Crippen LogP contribution in [-0.4, -0.2) is 26.1 Å². The molecule has 2 N–H and O–H groups in total. The summed E-state index contributed by atoms with van der Waals surface area (Å²) in [6.07, 6.45) is 5.20. The predicted octanol–water partition coefficient (Wildman–Crippen LogP) is 3.92. The van der Waals surface area contributed by atoms with E-state index < -0.39 is 22.9 Å². The lowest BCUT2D eigenvalue weighted by molar-refractivity contribution is -0.113. The van der Waals surface area contributed by atoms with Gasteiger partial charge >= 0.3 is 5.69 Å². The number of Topliss-reactive ketones (excluding diaryl/α,β-unsaturated/α-hetero) is 2. The van der Waals surface area contributed by atoms with Gasteiger partial charge in [0, 0.05) is 35.4 Å². The maximum absolute atomic E-state index is 15.1. The van der Waals surface area contributed by atoms with Gasteiger partial charge in [0.15, 0.2) is 11.6 Å². The van der Waals surface area contributed by atoms with E-state index in [1.54, 1.807) is 31.2 Å². The number of H-pyrrole nitrogens is 2. The minimum atomic E-state index is -0.764. The molecule has 2 heterocycles. The van der Waals surface area contributed by atoms with Gasteiger partial charge in [-0.05, 0) is 36.8 Å². The second-order valence-corrected chi connectivity index (χ2v) is 8.52. The molecule has 4 aromatic rings. The van der Waals surface area contributed by atoms with E-state index in [4.69, 9.17) is 0 Å². The molecule has 0 radical (unpaired) electrons. The van der Waals surface area contributed by atoms with Gasteiger partial charge in [-0.15, -0.1) is 0 Å². The van der Waals surface area contributed by atoms with E-state index in [9.17, 15) is 23.6 Å². The highest BCUT2D eigenvalue weighted by Gasteiger charge is 2.27. The molecule has 1 aliphatic carbocycles. The van der Waals surface area contributed by atoms with Crippen LogP contribution in [0.2, 0.25) is 0 Å². The summed E-state index contributed by atoms with van der Waals surface area (Å²) in [5.41, 5.74) is 0.0796. The number of carbonyl (C=O) groups excluding carboxylic acids is 2. The first kappa shape index (κ1) is 22.4. The predicted molar refractivity (Wildman–Crippen MR) is 128 cm³/mol. The maximum atomic E-state index is 15.1. The quantitative estimate of drug-likeness (QED) is 0.437. The van der Waals surface area contributed by atoms with Crippen LogP contribution in [-0.2, 0) is 11.3 Å². The summed E-state index contributed by atoms with van der Waals surface area (Å²) >= 11 is 0. The van der Waals surface area contributed by atoms with Crippen LogP contribution in [0.4, 0.5) is 8.78 Å². The molecule has 0 bridgehead atoms. The van der Waals surface area contributed by atoms with E-state index in [-0.39, 0.29) is 46.7 Å². The minimum Gasteiger partial charge on any atom is -0.333 e. The van der Waals surface area contributed by atoms with Crippen LogP contribution in [0.1, 0.15) is 40.5 Å². The molecule has 0 atom stereocenters. The van der Waals surface area contributed by atoms with E-state index >= 15 is 4.39 Å². The van der Waals surface area contributed by atoms with Gasteiger partial charge in [0.2, 0.25) is 0 Å². The summed E-state index contributed by atoms with van der Waals surface area (Å²) in [6, 6.07) is 5.15. The smallest absolute Gasteiger partial charge is 0.326 e. The van der Waals surface area contributed by atoms with Crippen molar-refractivity contribution in [2.45, 2.75) is 26.8 Å². The zero-order valence-electron chi connectivity index (χ0n) is 18.8. The monoisotopic (exact) mass is 475 g/mol. The number of aromatic amines is 2. The molecule has 35 heavy (non-hydrogen) atoms. The third-order valence-corrected chi connectivity index (χ3v) is 6.18. The standard InChI is InChI=1S/C26H19F2N3O4/c1-12-7-17-21(10-18(12)27)31(24(13(2)32)23(17)15-5-3-4-6-22(15)33)11-14-8-16-20(9-19(14)28)29-26(35)30-25(16)34/h3-5,7-10H,6,11H2,1-2H3,(H2,29,30,34,35). The van der Waals surface area contributed by atoms with Crippen molar-refractivity contribution in [1.82, 2.24) is 14.5 Å². The van der Waals surface area contributed by atoms with Crippen LogP contribution in [0, 0.1) is 18.6 Å². The number of hydrogen-bond donors (Lipinski definition) is 2. The van der Waals surface area contributed by atoms with Crippen LogP contribution in [0.15, 0.2) is 52.1 Å². The van der Waals surface area contributed by atoms with Crippen LogP contribution >= 0.6 is 0 Å². The van der Waals surface area contributed by atoms with Crippen molar-refractivity contribution < 1.29 is 18.4 Å². The summed E-state index contributed by atoms with van der Waals surface area (Å²) in [6.45, 7) is 2.69. The Morgan fingerprint density at radius 2 is 1.80 bits per heavy atom. The fraction of sp³-hybridized carbons (Fsp3) is 0.154. The molecule has 2 aromatic heterocycles. The Labute approximate surface area is 196 Å². The van der Waals surface area contributed by atoms with Crippen molar-refractivity contribution in [2.24, 2.45) is 0 Å². The first-order valence-corrected chi connectivity index (χ1v) is 10.8. The molecule has 2 aromatic carbocycles. The van der Waals surface area contributed by atoms with Gasteiger partial charge in [-0.2, -0.15) is 0 Å². The van der Waals surface area contributed by atoms with Gasteiger partial charge in [0.05, 0.1) is 28.7 Å². The molecule has 0 fully saturated rings. The highest BCUT2D eigenvalue weighted by molar-refractivity contribution is 6.27. The van der Waals surface area contributed by atoms with Gasteiger partial charge in [-0.1, -0.05) is 18.2 Å². The number of ketones is 2. The minimum absolute atomic E-state index is 0.0243. The van der Waals surface area contributed by atoms with Gasteiger partial charge in [-0.25, -0.2) is 13.6 Å². The number of carbonyl (C=O) groups is 2. The zero-order chi connectivity index (χ0) is 25.0. The summed E-state index contributed by atoms with van der Waals surface area (Å²) < 4.78 is 31.2. The summed E-state index contributed by atoms with van der Waals surface area (Å²) in [5.74, 6) is -1.82. The lowest BCUT2D eigenvalue weighted by Crippen LogP contribution is -2.22. The van der Waals surface area contributed by atoms with E-state index in [1.165, 1.54) is 23.6 Å². The Balaban J connectivity index is 1.82.